The van der Waals surface area contributed by atoms with Gasteiger partial charge in [0.2, 0.25) is 5.91 Å². The predicted molar refractivity (Wildman–Crippen MR) is 106 cm³/mol. The molecule has 3 aromatic rings. The Morgan fingerprint density at radius 1 is 1.21 bits per heavy atom. The summed E-state index contributed by atoms with van der Waals surface area (Å²) in [6.07, 6.45) is 2.32. The number of nitrogens with zero attached hydrogens (tertiary/aromatic N) is 2. The van der Waals surface area contributed by atoms with Gasteiger partial charge in [0.25, 0.3) is 0 Å². The zero-order chi connectivity index (χ0) is 19.3. The van der Waals surface area contributed by atoms with Gasteiger partial charge in [0.15, 0.2) is 0 Å². The molecule has 6 nitrogen and oxygen atoms in total. The fraction of sp³-hybridized carbons (Fsp3) is 0.273. The molecule has 1 N–H and O–H groups in total. The van der Waals surface area contributed by atoms with Crippen molar-refractivity contribution in [3.63, 3.8) is 0 Å². The second-order valence-corrected chi connectivity index (χ2v) is 6.79. The van der Waals surface area contributed by atoms with Crippen molar-refractivity contribution in [3.05, 3.63) is 72.2 Å². The summed E-state index contributed by atoms with van der Waals surface area (Å²) in [5, 5.41) is 2.97. The summed E-state index contributed by atoms with van der Waals surface area (Å²) in [4.78, 5) is 16.8. The number of hydrogen-bond donors (Lipinski definition) is 1. The van der Waals surface area contributed by atoms with Crippen LogP contribution < -0.4 is 10.1 Å². The molecule has 1 atom stereocenters. The summed E-state index contributed by atoms with van der Waals surface area (Å²) in [5.41, 5.74) is 2.83. The van der Waals surface area contributed by atoms with Crippen LogP contribution in [-0.2, 0) is 29.1 Å². The maximum atomic E-state index is 12.2. The lowest BCUT2D eigenvalue weighted by molar-refractivity contribution is -0.121. The van der Waals surface area contributed by atoms with Crippen molar-refractivity contribution < 1.29 is 14.3 Å². The highest BCUT2D eigenvalue weighted by Crippen LogP contribution is 2.30. The van der Waals surface area contributed by atoms with E-state index in [9.17, 15) is 4.79 Å². The Morgan fingerprint density at radius 2 is 2.00 bits per heavy atom. The highest BCUT2D eigenvalue weighted by atomic mass is 16.5. The minimum Gasteiger partial charge on any atom is -0.496 e. The largest absolute Gasteiger partial charge is 0.496 e. The third kappa shape index (κ3) is 4.07. The maximum Gasteiger partial charge on any atom is 0.224 e. The Balaban J connectivity index is 1.37. The van der Waals surface area contributed by atoms with Gasteiger partial charge in [0.1, 0.15) is 18.2 Å². The highest BCUT2D eigenvalue weighted by molar-refractivity contribution is 5.78. The van der Waals surface area contributed by atoms with Crippen LogP contribution in [0.3, 0.4) is 0 Å². The molecule has 0 radical (unpaired) electrons. The first-order valence-corrected chi connectivity index (χ1v) is 9.34. The van der Waals surface area contributed by atoms with Gasteiger partial charge >= 0.3 is 0 Å². The Labute approximate surface area is 164 Å². The summed E-state index contributed by atoms with van der Waals surface area (Å²) >= 11 is 0. The fourth-order valence-corrected chi connectivity index (χ4v) is 3.37. The van der Waals surface area contributed by atoms with Crippen molar-refractivity contribution >= 4 is 5.91 Å². The van der Waals surface area contributed by atoms with E-state index in [-0.39, 0.29) is 12.0 Å². The van der Waals surface area contributed by atoms with Crippen LogP contribution in [0.15, 0.2) is 60.8 Å². The van der Waals surface area contributed by atoms with Gasteiger partial charge in [-0.3, -0.25) is 4.79 Å². The van der Waals surface area contributed by atoms with E-state index in [4.69, 9.17) is 9.47 Å². The molecule has 6 heteroatoms. The van der Waals surface area contributed by atoms with Crippen molar-refractivity contribution in [2.45, 2.75) is 25.7 Å². The first-order chi connectivity index (χ1) is 13.7. The Bertz CT molecular complexity index is 953. The molecule has 1 aromatic heterocycles. The molecule has 4 rings (SSSR count). The minimum atomic E-state index is -0.0769. The fourth-order valence-electron chi connectivity index (χ4n) is 3.37. The first-order valence-electron chi connectivity index (χ1n) is 9.34. The first kappa shape index (κ1) is 18.3. The van der Waals surface area contributed by atoms with Crippen LogP contribution in [0, 0.1) is 0 Å². The molecule has 2 aromatic carbocycles. The number of rotatable bonds is 6. The second kappa shape index (κ2) is 8.27. The molecule has 1 aliphatic rings. The number of carbonyl (C=O) groups excluding carboxylic acids is 1. The zero-order valence-electron chi connectivity index (χ0n) is 15.8. The van der Waals surface area contributed by atoms with Crippen LogP contribution in [0.4, 0.5) is 0 Å². The Morgan fingerprint density at radius 3 is 2.82 bits per heavy atom. The van der Waals surface area contributed by atoms with Crippen molar-refractivity contribution in [1.29, 1.82) is 0 Å². The van der Waals surface area contributed by atoms with E-state index in [1.807, 2.05) is 60.8 Å². The molecule has 28 heavy (non-hydrogen) atoms. The molecule has 0 fully saturated rings. The lowest BCUT2D eigenvalue weighted by Gasteiger charge is -2.24. The lowest BCUT2D eigenvalue weighted by Crippen LogP contribution is -2.39. The van der Waals surface area contributed by atoms with Crippen molar-refractivity contribution in [2.75, 3.05) is 13.7 Å². The van der Waals surface area contributed by atoms with Gasteiger partial charge in [-0.1, -0.05) is 42.5 Å². The van der Waals surface area contributed by atoms with Crippen LogP contribution in [0.1, 0.15) is 11.4 Å². The molecular weight excluding hydrogens is 354 g/mol. The van der Waals surface area contributed by atoms with E-state index in [0.717, 1.165) is 28.4 Å². The van der Waals surface area contributed by atoms with E-state index < -0.39 is 0 Å². The zero-order valence-corrected chi connectivity index (χ0v) is 15.8. The van der Waals surface area contributed by atoms with E-state index in [1.165, 1.54) is 0 Å². The van der Waals surface area contributed by atoms with E-state index in [1.54, 1.807) is 7.11 Å². The van der Waals surface area contributed by atoms with Crippen LogP contribution in [-0.4, -0.2) is 35.2 Å². The molecule has 1 amide bonds. The molecule has 0 bridgehead atoms. The summed E-state index contributed by atoms with van der Waals surface area (Å²) in [7, 11) is 1.66. The second-order valence-electron chi connectivity index (χ2n) is 6.79. The number of para-hydroxylation sites is 1. The normalized spacial score (nSPS) is 15.7. The number of benzene rings is 2. The topological polar surface area (TPSA) is 65.4 Å². The molecule has 1 unspecified atom stereocenters. The average Bonchev–Trinajstić information content (AvgIpc) is 3.16. The van der Waals surface area contributed by atoms with Gasteiger partial charge in [-0.15, -0.1) is 0 Å². The molecule has 1 aliphatic heterocycles. The van der Waals surface area contributed by atoms with E-state index in [0.29, 0.717) is 26.1 Å². The number of aromatic nitrogens is 2. The number of carbonyl (C=O) groups is 1. The summed E-state index contributed by atoms with van der Waals surface area (Å²) < 4.78 is 13.4. The predicted octanol–water partition coefficient (Wildman–Crippen LogP) is 2.82. The van der Waals surface area contributed by atoms with Crippen molar-refractivity contribution in [1.82, 2.24) is 14.9 Å². The van der Waals surface area contributed by atoms with Gasteiger partial charge in [0.05, 0.1) is 31.9 Å². The minimum absolute atomic E-state index is 0.000869. The number of ether oxygens (including phenoxy) is 2. The van der Waals surface area contributed by atoms with Gasteiger partial charge in [-0.2, -0.15) is 0 Å². The lowest BCUT2D eigenvalue weighted by atomic mass is 10.1. The average molecular weight is 377 g/mol. The van der Waals surface area contributed by atoms with Crippen LogP contribution in [0.25, 0.3) is 11.3 Å². The van der Waals surface area contributed by atoms with Gasteiger partial charge in [0, 0.05) is 18.3 Å². The van der Waals surface area contributed by atoms with Crippen LogP contribution in [0.2, 0.25) is 0 Å². The molecule has 2 heterocycles. The number of fused-ring (bicyclic) bond motifs is 1. The van der Waals surface area contributed by atoms with Crippen LogP contribution in [0.5, 0.6) is 5.75 Å². The molecule has 0 aliphatic carbocycles. The number of nitrogens with one attached hydrogen (secondary N) is 1. The number of hydrogen-bond acceptors (Lipinski definition) is 4. The third-order valence-electron chi connectivity index (χ3n) is 4.82. The Hall–Kier alpha value is -3.12. The summed E-state index contributed by atoms with van der Waals surface area (Å²) in [5.74, 6) is 1.68. The van der Waals surface area contributed by atoms with Gasteiger partial charge in [-0.25, -0.2) is 4.98 Å². The number of methoxy groups -OCH3 is 1. The quantitative estimate of drug-likeness (QED) is 0.717. The molecule has 144 valence electrons. The summed E-state index contributed by atoms with van der Waals surface area (Å²) in [6, 6.07) is 17.6. The Kier molecular flexibility index (Phi) is 5.39. The number of imidazole rings is 1. The molecular formula is C22H23N3O3. The summed E-state index contributed by atoms with van der Waals surface area (Å²) in [6.45, 7) is 1.56. The molecule has 0 spiro atoms. The van der Waals surface area contributed by atoms with Crippen LogP contribution >= 0.6 is 0 Å². The van der Waals surface area contributed by atoms with E-state index >= 15 is 0 Å². The third-order valence-corrected chi connectivity index (χ3v) is 4.82. The maximum absolute atomic E-state index is 12.2. The standard InChI is InChI=1S/C22H23N3O3/c1-27-20-10-6-5-9-18(20)19-14-25-13-17(28-15-21(25)24-19)12-23-22(26)11-16-7-3-2-4-8-16/h2-10,14,17H,11-13,15H2,1H3,(H,23,26). The van der Waals surface area contributed by atoms with Crippen molar-refractivity contribution in [2.24, 2.45) is 0 Å². The monoisotopic (exact) mass is 377 g/mol. The van der Waals surface area contributed by atoms with E-state index in [2.05, 4.69) is 14.9 Å². The molecule has 0 saturated heterocycles. The van der Waals surface area contributed by atoms with Gasteiger partial charge in [-0.05, 0) is 17.7 Å². The SMILES string of the molecule is COc1ccccc1-c1cn2c(n1)COC(CNC(=O)Cc1ccccc1)C2. The highest BCUT2D eigenvalue weighted by Gasteiger charge is 2.22. The van der Waals surface area contributed by atoms with Crippen molar-refractivity contribution in [3.8, 4) is 17.0 Å². The van der Waals surface area contributed by atoms with Gasteiger partial charge < -0.3 is 19.4 Å². The smallest absolute Gasteiger partial charge is 0.224 e. The number of amides is 1. The molecule has 0 saturated carbocycles.